The minimum atomic E-state index is -0.234. The summed E-state index contributed by atoms with van der Waals surface area (Å²) in [4.78, 5) is 3.18. The average Bonchev–Trinajstić information content (AvgIpc) is 2.88. The van der Waals surface area contributed by atoms with Crippen LogP contribution >= 0.6 is 11.6 Å². The molecule has 3 N–H and O–H groups in total. The molecule has 0 amide bonds. The number of halogens is 2. The largest absolute Gasteiger partial charge is 0.361 e. The SMILES string of the molecule is NCC(Cc1cccc(Cl)c1)c1c[nH]c2ccc(F)cc12. The molecule has 1 heterocycles. The molecule has 3 aromatic rings. The molecule has 108 valence electrons. The van der Waals surface area contributed by atoms with Crippen molar-refractivity contribution in [2.24, 2.45) is 5.73 Å². The first-order valence-electron chi connectivity index (χ1n) is 6.88. The molecule has 21 heavy (non-hydrogen) atoms. The van der Waals surface area contributed by atoms with Crippen molar-refractivity contribution >= 4 is 22.5 Å². The smallest absolute Gasteiger partial charge is 0.123 e. The molecule has 1 unspecified atom stereocenters. The number of H-pyrrole nitrogens is 1. The van der Waals surface area contributed by atoms with Crippen molar-refractivity contribution in [1.82, 2.24) is 4.98 Å². The molecule has 0 radical (unpaired) electrons. The van der Waals surface area contributed by atoms with E-state index in [1.54, 1.807) is 12.1 Å². The molecule has 3 rings (SSSR count). The summed E-state index contributed by atoms with van der Waals surface area (Å²) in [6.07, 6.45) is 2.70. The van der Waals surface area contributed by atoms with Gasteiger partial charge in [0.15, 0.2) is 0 Å². The molecular weight excluding hydrogens is 287 g/mol. The van der Waals surface area contributed by atoms with Gasteiger partial charge in [-0.1, -0.05) is 23.7 Å². The Bertz CT molecular complexity index is 766. The summed E-state index contributed by atoms with van der Waals surface area (Å²) in [5, 5.41) is 1.61. The van der Waals surface area contributed by atoms with Gasteiger partial charge >= 0.3 is 0 Å². The standard InChI is InChI=1S/C17H16ClFN2/c18-13-3-1-2-11(7-13)6-12(9-20)16-10-21-17-5-4-14(19)8-15(16)17/h1-5,7-8,10,12,21H,6,9,20H2. The van der Waals surface area contributed by atoms with E-state index in [2.05, 4.69) is 4.98 Å². The Morgan fingerprint density at radius 2 is 2.05 bits per heavy atom. The van der Waals surface area contributed by atoms with Crippen molar-refractivity contribution in [3.8, 4) is 0 Å². The van der Waals surface area contributed by atoms with Crippen molar-refractivity contribution in [2.75, 3.05) is 6.54 Å². The predicted octanol–water partition coefficient (Wildman–Crippen LogP) is 4.25. The van der Waals surface area contributed by atoms with Crippen LogP contribution in [0.3, 0.4) is 0 Å². The van der Waals surface area contributed by atoms with Crippen LogP contribution in [0.2, 0.25) is 5.02 Å². The van der Waals surface area contributed by atoms with Gasteiger partial charge in [-0.3, -0.25) is 0 Å². The lowest BCUT2D eigenvalue weighted by Crippen LogP contribution is -2.14. The quantitative estimate of drug-likeness (QED) is 0.743. The monoisotopic (exact) mass is 302 g/mol. The van der Waals surface area contributed by atoms with Gasteiger partial charge in [0.25, 0.3) is 0 Å². The van der Waals surface area contributed by atoms with Crippen molar-refractivity contribution in [3.05, 3.63) is 70.6 Å². The Labute approximate surface area is 127 Å². The van der Waals surface area contributed by atoms with E-state index in [0.29, 0.717) is 11.6 Å². The van der Waals surface area contributed by atoms with Gasteiger partial charge in [-0.25, -0.2) is 4.39 Å². The molecule has 0 aliphatic rings. The lowest BCUT2D eigenvalue weighted by molar-refractivity contribution is 0.629. The maximum Gasteiger partial charge on any atom is 0.123 e. The first-order valence-corrected chi connectivity index (χ1v) is 7.26. The first-order chi connectivity index (χ1) is 10.2. The second kappa shape index (κ2) is 5.88. The molecule has 0 bridgehead atoms. The minimum Gasteiger partial charge on any atom is -0.361 e. The number of nitrogens with two attached hydrogens (primary N) is 1. The third-order valence-electron chi connectivity index (χ3n) is 3.77. The molecule has 0 fully saturated rings. The van der Waals surface area contributed by atoms with Crippen molar-refractivity contribution in [1.29, 1.82) is 0 Å². The Balaban J connectivity index is 1.96. The van der Waals surface area contributed by atoms with E-state index in [1.165, 1.54) is 6.07 Å². The molecule has 0 aliphatic heterocycles. The highest BCUT2D eigenvalue weighted by Crippen LogP contribution is 2.28. The molecule has 2 aromatic carbocycles. The molecule has 1 aromatic heterocycles. The maximum atomic E-state index is 13.5. The van der Waals surface area contributed by atoms with Crippen molar-refractivity contribution in [3.63, 3.8) is 0 Å². The average molecular weight is 303 g/mol. The number of benzene rings is 2. The maximum absolute atomic E-state index is 13.5. The normalized spacial score (nSPS) is 12.7. The summed E-state index contributed by atoms with van der Waals surface area (Å²) < 4.78 is 13.5. The third kappa shape index (κ3) is 2.94. The number of aromatic amines is 1. The fourth-order valence-electron chi connectivity index (χ4n) is 2.72. The minimum absolute atomic E-state index is 0.124. The molecule has 0 saturated carbocycles. The van der Waals surface area contributed by atoms with Gasteiger partial charge in [0.2, 0.25) is 0 Å². The summed E-state index contributed by atoms with van der Waals surface area (Å²) in [6, 6.07) is 12.5. The zero-order valence-electron chi connectivity index (χ0n) is 11.4. The van der Waals surface area contributed by atoms with Crippen molar-refractivity contribution in [2.45, 2.75) is 12.3 Å². The number of aromatic nitrogens is 1. The van der Waals surface area contributed by atoms with Crippen LogP contribution in [0, 0.1) is 5.82 Å². The molecular formula is C17H16ClFN2. The Kier molecular flexibility index (Phi) is 3.95. The van der Waals surface area contributed by atoms with Gasteiger partial charge < -0.3 is 10.7 Å². The highest BCUT2D eigenvalue weighted by Gasteiger charge is 2.16. The van der Waals surface area contributed by atoms with Crippen LogP contribution in [0.15, 0.2) is 48.7 Å². The zero-order chi connectivity index (χ0) is 14.8. The molecule has 0 aliphatic carbocycles. The fourth-order valence-corrected chi connectivity index (χ4v) is 2.93. The first kappa shape index (κ1) is 14.1. The van der Waals surface area contributed by atoms with Gasteiger partial charge in [0.1, 0.15) is 5.82 Å². The predicted molar refractivity (Wildman–Crippen MR) is 85.2 cm³/mol. The Morgan fingerprint density at radius 3 is 2.81 bits per heavy atom. The number of rotatable bonds is 4. The molecule has 2 nitrogen and oxygen atoms in total. The highest BCUT2D eigenvalue weighted by atomic mass is 35.5. The van der Waals surface area contributed by atoms with Crippen LogP contribution in [0.4, 0.5) is 4.39 Å². The van der Waals surface area contributed by atoms with E-state index in [0.717, 1.165) is 28.5 Å². The second-order valence-corrected chi connectivity index (χ2v) is 5.64. The van der Waals surface area contributed by atoms with E-state index >= 15 is 0 Å². The van der Waals surface area contributed by atoms with Gasteiger partial charge in [0.05, 0.1) is 0 Å². The lowest BCUT2D eigenvalue weighted by Gasteiger charge is -2.14. The van der Waals surface area contributed by atoms with E-state index in [-0.39, 0.29) is 11.7 Å². The van der Waals surface area contributed by atoms with Gasteiger partial charge in [0, 0.05) is 28.0 Å². The molecule has 0 saturated heterocycles. The number of hydrogen-bond acceptors (Lipinski definition) is 1. The summed E-state index contributed by atoms with van der Waals surface area (Å²) in [5.74, 6) is -0.110. The van der Waals surface area contributed by atoms with Gasteiger partial charge in [-0.2, -0.15) is 0 Å². The van der Waals surface area contributed by atoms with Crippen LogP contribution in [-0.4, -0.2) is 11.5 Å². The van der Waals surface area contributed by atoms with E-state index in [4.69, 9.17) is 17.3 Å². The highest BCUT2D eigenvalue weighted by molar-refractivity contribution is 6.30. The molecule has 1 atom stereocenters. The number of fused-ring (bicyclic) bond motifs is 1. The number of hydrogen-bond donors (Lipinski definition) is 2. The zero-order valence-corrected chi connectivity index (χ0v) is 12.2. The fraction of sp³-hybridized carbons (Fsp3) is 0.176. The second-order valence-electron chi connectivity index (χ2n) is 5.20. The van der Waals surface area contributed by atoms with Crippen LogP contribution in [-0.2, 0) is 6.42 Å². The molecule has 4 heteroatoms. The third-order valence-corrected chi connectivity index (χ3v) is 4.01. The number of nitrogens with one attached hydrogen (secondary N) is 1. The topological polar surface area (TPSA) is 41.8 Å². The van der Waals surface area contributed by atoms with Crippen LogP contribution < -0.4 is 5.73 Å². The molecule has 0 spiro atoms. The van der Waals surface area contributed by atoms with Crippen LogP contribution in [0.5, 0.6) is 0 Å². The summed E-state index contributed by atoms with van der Waals surface area (Å²) >= 11 is 6.03. The Hall–Kier alpha value is -1.84. The van der Waals surface area contributed by atoms with E-state index < -0.39 is 0 Å². The lowest BCUT2D eigenvalue weighted by atomic mass is 9.92. The van der Waals surface area contributed by atoms with Crippen LogP contribution in [0.1, 0.15) is 17.0 Å². The van der Waals surface area contributed by atoms with Gasteiger partial charge in [-0.15, -0.1) is 0 Å². The van der Waals surface area contributed by atoms with E-state index in [9.17, 15) is 4.39 Å². The Morgan fingerprint density at radius 1 is 1.19 bits per heavy atom. The van der Waals surface area contributed by atoms with E-state index in [1.807, 2.05) is 30.5 Å². The van der Waals surface area contributed by atoms with Crippen LogP contribution in [0.25, 0.3) is 10.9 Å². The summed E-state index contributed by atoms with van der Waals surface area (Å²) in [6.45, 7) is 0.496. The van der Waals surface area contributed by atoms with Gasteiger partial charge in [-0.05, 0) is 54.4 Å². The van der Waals surface area contributed by atoms with Crippen molar-refractivity contribution < 1.29 is 4.39 Å². The summed E-state index contributed by atoms with van der Waals surface area (Å²) in [5.41, 5.74) is 9.04. The summed E-state index contributed by atoms with van der Waals surface area (Å²) in [7, 11) is 0.